The van der Waals surface area contributed by atoms with Gasteiger partial charge in [0.25, 0.3) is 0 Å². The molecule has 0 spiro atoms. The predicted octanol–water partition coefficient (Wildman–Crippen LogP) is 3.50. The zero-order valence-corrected chi connectivity index (χ0v) is 17.6. The van der Waals surface area contributed by atoms with E-state index in [1.807, 2.05) is 6.07 Å². The fraction of sp³-hybridized carbons (Fsp3) is 0.364. The Hall–Kier alpha value is -3.36. The van der Waals surface area contributed by atoms with Crippen molar-refractivity contribution < 1.29 is 13.6 Å². The lowest BCUT2D eigenvalue weighted by Gasteiger charge is -2.20. The van der Waals surface area contributed by atoms with Gasteiger partial charge < -0.3 is 15.5 Å². The highest BCUT2D eigenvalue weighted by atomic mass is 19.1. The highest BCUT2D eigenvalue weighted by molar-refractivity contribution is 5.90. The van der Waals surface area contributed by atoms with Crippen molar-refractivity contribution >= 4 is 28.4 Å². The summed E-state index contributed by atoms with van der Waals surface area (Å²) in [6.07, 6.45) is 2.52. The summed E-state index contributed by atoms with van der Waals surface area (Å²) in [5, 5.41) is 6.88. The van der Waals surface area contributed by atoms with Gasteiger partial charge in [-0.25, -0.2) is 23.7 Å². The van der Waals surface area contributed by atoms with E-state index in [1.165, 1.54) is 13.0 Å². The van der Waals surface area contributed by atoms with Crippen molar-refractivity contribution in [3.8, 4) is 0 Å². The van der Waals surface area contributed by atoms with Crippen molar-refractivity contribution in [2.75, 3.05) is 23.3 Å². The lowest BCUT2D eigenvalue weighted by atomic mass is 10.1. The summed E-state index contributed by atoms with van der Waals surface area (Å²) in [5.74, 6) is 0.791. The number of hydrogen-bond donors (Lipinski definition) is 2. The Labute approximate surface area is 178 Å². The molecule has 1 amide bonds. The number of anilines is 2. The molecule has 9 heteroatoms. The standard InChI is InChI=1S/C22H24F2N6O/c1-12(17-8-15(23)4-5-19(17)24)26-22-18-9-21(25-10-20(18)27-13(2)28-22)30-7-6-16(11-30)29-14(3)31/h4-5,8-10,12,16H,6-7,11H2,1-3H3,(H,29,31)(H,26,27,28)/t12-,16+/m0/s1. The molecule has 1 saturated heterocycles. The van der Waals surface area contributed by atoms with Gasteiger partial charge in [0.2, 0.25) is 5.91 Å². The number of hydrogen-bond acceptors (Lipinski definition) is 6. The molecule has 1 fully saturated rings. The van der Waals surface area contributed by atoms with Crippen LogP contribution in [0.2, 0.25) is 0 Å². The van der Waals surface area contributed by atoms with E-state index in [0.29, 0.717) is 23.7 Å². The van der Waals surface area contributed by atoms with Crippen LogP contribution in [0.3, 0.4) is 0 Å². The normalized spacial score (nSPS) is 17.1. The van der Waals surface area contributed by atoms with Crippen molar-refractivity contribution in [1.82, 2.24) is 20.3 Å². The van der Waals surface area contributed by atoms with Crippen molar-refractivity contribution in [2.24, 2.45) is 0 Å². The molecule has 1 aliphatic heterocycles. The van der Waals surface area contributed by atoms with Gasteiger partial charge >= 0.3 is 0 Å². The molecule has 2 N–H and O–H groups in total. The SMILES string of the molecule is CC(=O)N[C@@H]1CCN(c2cc3c(N[C@@H](C)c4cc(F)ccc4F)nc(C)nc3cn2)C1. The monoisotopic (exact) mass is 426 g/mol. The van der Waals surface area contributed by atoms with E-state index in [9.17, 15) is 13.6 Å². The van der Waals surface area contributed by atoms with Crippen LogP contribution in [0, 0.1) is 18.6 Å². The lowest BCUT2D eigenvalue weighted by molar-refractivity contribution is -0.119. The van der Waals surface area contributed by atoms with Gasteiger partial charge in [-0.3, -0.25) is 4.79 Å². The van der Waals surface area contributed by atoms with Gasteiger partial charge in [0.1, 0.15) is 29.1 Å². The van der Waals surface area contributed by atoms with E-state index < -0.39 is 17.7 Å². The fourth-order valence-corrected chi connectivity index (χ4v) is 3.92. The van der Waals surface area contributed by atoms with Crippen LogP contribution < -0.4 is 15.5 Å². The third-order valence-corrected chi connectivity index (χ3v) is 5.38. The number of fused-ring (bicyclic) bond motifs is 1. The highest BCUT2D eigenvalue weighted by Crippen LogP contribution is 2.29. The van der Waals surface area contributed by atoms with Crippen LogP contribution in [0.4, 0.5) is 20.4 Å². The van der Waals surface area contributed by atoms with Crippen molar-refractivity contribution in [1.29, 1.82) is 0 Å². The third-order valence-electron chi connectivity index (χ3n) is 5.38. The van der Waals surface area contributed by atoms with Crippen LogP contribution >= 0.6 is 0 Å². The number of rotatable bonds is 5. The fourth-order valence-electron chi connectivity index (χ4n) is 3.92. The average molecular weight is 426 g/mol. The van der Waals surface area contributed by atoms with Crippen LogP contribution in [0.15, 0.2) is 30.5 Å². The van der Waals surface area contributed by atoms with Crippen LogP contribution in [0.25, 0.3) is 10.9 Å². The first kappa shape index (κ1) is 20.9. The molecule has 4 rings (SSSR count). The Kier molecular flexibility index (Phi) is 5.67. The van der Waals surface area contributed by atoms with Gasteiger partial charge in [0, 0.05) is 37.0 Å². The molecule has 0 saturated carbocycles. The number of benzene rings is 1. The number of aromatic nitrogens is 3. The zero-order chi connectivity index (χ0) is 22.1. The first-order chi connectivity index (χ1) is 14.8. The van der Waals surface area contributed by atoms with Gasteiger partial charge in [0.15, 0.2) is 0 Å². The van der Waals surface area contributed by atoms with Crippen LogP contribution in [-0.2, 0) is 4.79 Å². The molecule has 0 unspecified atom stereocenters. The summed E-state index contributed by atoms with van der Waals surface area (Å²) in [6, 6.07) is 4.86. The number of carbonyl (C=O) groups excluding carboxylic acids is 1. The minimum absolute atomic E-state index is 0.0488. The first-order valence-corrected chi connectivity index (χ1v) is 10.2. The van der Waals surface area contributed by atoms with Crippen LogP contribution in [0.1, 0.15) is 37.7 Å². The summed E-state index contributed by atoms with van der Waals surface area (Å²) >= 11 is 0. The van der Waals surface area contributed by atoms with E-state index in [1.54, 1.807) is 20.0 Å². The maximum atomic E-state index is 14.2. The lowest BCUT2D eigenvalue weighted by Crippen LogP contribution is -2.35. The van der Waals surface area contributed by atoms with Gasteiger partial charge in [-0.05, 0) is 44.5 Å². The maximum Gasteiger partial charge on any atom is 0.217 e. The summed E-state index contributed by atoms with van der Waals surface area (Å²) in [7, 11) is 0. The first-order valence-electron chi connectivity index (χ1n) is 10.2. The second-order valence-corrected chi connectivity index (χ2v) is 7.84. The predicted molar refractivity (Wildman–Crippen MR) is 115 cm³/mol. The molecular formula is C22H24F2N6O. The Balaban J connectivity index is 1.65. The number of nitrogens with one attached hydrogen (secondary N) is 2. The quantitative estimate of drug-likeness (QED) is 0.650. The summed E-state index contributed by atoms with van der Waals surface area (Å²) < 4.78 is 27.9. The van der Waals surface area contributed by atoms with Gasteiger partial charge in [0.05, 0.1) is 17.8 Å². The summed E-state index contributed by atoms with van der Waals surface area (Å²) in [5.41, 5.74) is 0.875. The summed E-state index contributed by atoms with van der Waals surface area (Å²) in [4.78, 5) is 26.9. The zero-order valence-electron chi connectivity index (χ0n) is 17.6. The molecule has 3 heterocycles. The molecule has 1 aliphatic rings. The molecule has 0 radical (unpaired) electrons. The van der Waals surface area contributed by atoms with Gasteiger partial charge in [-0.2, -0.15) is 0 Å². The Morgan fingerprint density at radius 3 is 2.84 bits per heavy atom. The second-order valence-electron chi connectivity index (χ2n) is 7.84. The van der Waals surface area contributed by atoms with E-state index in [0.717, 1.165) is 36.3 Å². The molecule has 31 heavy (non-hydrogen) atoms. The number of halogens is 2. The van der Waals surface area contributed by atoms with E-state index in [-0.39, 0.29) is 17.5 Å². The smallest absolute Gasteiger partial charge is 0.217 e. The molecule has 3 aromatic rings. The van der Waals surface area contributed by atoms with E-state index >= 15 is 0 Å². The number of amides is 1. The molecule has 0 aliphatic carbocycles. The largest absolute Gasteiger partial charge is 0.363 e. The van der Waals surface area contributed by atoms with Gasteiger partial charge in [-0.1, -0.05) is 0 Å². The maximum absolute atomic E-state index is 14.2. The van der Waals surface area contributed by atoms with Crippen molar-refractivity contribution in [3.63, 3.8) is 0 Å². The molecule has 2 aromatic heterocycles. The molecule has 7 nitrogen and oxygen atoms in total. The second kappa shape index (κ2) is 8.41. The number of aryl methyl sites for hydroxylation is 1. The van der Waals surface area contributed by atoms with Crippen molar-refractivity contribution in [2.45, 2.75) is 39.3 Å². The summed E-state index contributed by atoms with van der Waals surface area (Å²) in [6.45, 7) is 6.46. The number of pyridine rings is 1. The van der Waals surface area contributed by atoms with E-state index in [4.69, 9.17) is 0 Å². The molecule has 162 valence electrons. The third kappa shape index (κ3) is 4.55. The van der Waals surface area contributed by atoms with Crippen LogP contribution in [-0.4, -0.2) is 40.0 Å². The molecule has 2 atom stereocenters. The van der Waals surface area contributed by atoms with Crippen molar-refractivity contribution in [3.05, 3.63) is 53.5 Å². The average Bonchev–Trinajstić information content (AvgIpc) is 3.17. The molecule has 1 aromatic carbocycles. The molecular weight excluding hydrogens is 402 g/mol. The van der Waals surface area contributed by atoms with Gasteiger partial charge in [-0.15, -0.1) is 0 Å². The Bertz CT molecular complexity index is 1140. The highest BCUT2D eigenvalue weighted by Gasteiger charge is 2.25. The number of nitrogens with zero attached hydrogens (tertiary/aromatic N) is 4. The minimum atomic E-state index is -0.513. The Morgan fingerprint density at radius 2 is 2.06 bits per heavy atom. The Morgan fingerprint density at radius 1 is 1.26 bits per heavy atom. The topological polar surface area (TPSA) is 83.0 Å². The van der Waals surface area contributed by atoms with Crippen LogP contribution in [0.5, 0.6) is 0 Å². The van der Waals surface area contributed by atoms with E-state index in [2.05, 4.69) is 30.5 Å². The number of carbonyl (C=O) groups is 1. The minimum Gasteiger partial charge on any atom is -0.363 e. The molecule has 0 bridgehead atoms.